The topological polar surface area (TPSA) is 35.5 Å². The van der Waals surface area contributed by atoms with E-state index in [-0.39, 0.29) is 17.9 Å². The van der Waals surface area contributed by atoms with Gasteiger partial charge in [0.1, 0.15) is 5.76 Å². The van der Waals surface area contributed by atoms with Crippen LogP contribution in [0.25, 0.3) is 5.76 Å². The number of carbonyl (C=O) groups is 1. The molecule has 0 saturated heterocycles. The summed E-state index contributed by atoms with van der Waals surface area (Å²) in [6.07, 6.45) is -3.63. The van der Waals surface area contributed by atoms with Gasteiger partial charge in [0, 0.05) is 5.56 Å². The third kappa shape index (κ3) is 4.01. The van der Waals surface area contributed by atoms with E-state index < -0.39 is 17.7 Å². The number of ether oxygens (including phenoxy) is 2. The molecule has 0 saturated carbocycles. The van der Waals surface area contributed by atoms with Crippen LogP contribution in [0.2, 0.25) is 0 Å². The lowest BCUT2D eigenvalue weighted by atomic mass is 10.1. The number of hydrogen-bond acceptors (Lipinski definition) is 3. The highest BCUT2D eigenvalue weighted by Gasteiger charge is 2.34. The zero-order chi connectivity index (χ0) is 14.5. The van der Waals surface area contributed by atoms with Gasteiger partial charge in [-0.25, -0.2) is 4.79 Å². The van der Waals surface area contributed by atoms with Crippen molar-refractivity contribution in [3.05, 3.63) is 41.5 Å². The molecule has 0 radical (unpaired) electrons. The van der Waals surface area contributed by atoms with E-state index in [1.165, 1.54) is 25.3 Å². The Hall–Kier alpha value is -1.98. The highest BCUT2D eigenvalue weighted by molar-refractivity contribution is 5.90. The van der Waals surface area contributed by atoms with Crippen LogP contribution in [0.4, 0.5) is 13.2 Å². The van der Waals surface area contributed by atoms with Crippen LogP contribution in [-0.2, 0) is 20.4 Å². The van der Waals surface area contributed by atoms with Crippen molar-refractivity contribution in [2.45, 2.75) is 13.1 Å². The van der Waals surface area contributed by atoms with Crippen LogP contribution in [0.3, 0.4) is 0 Å². The molecule has 1 aromatic rings. The van der Waals surface area contributed by atoms with Gasteiger partial charge in [0.15, 0.2) is 0 Å². The van der Waals surface area contributed by atoms with Crippen LogP contribution in [0.15, 0.2) is 30.3 Å². The van der Waals surface area contributed by atoms with Gasteiger partial charge in [-0.05, 0) is 13.0 Å². The number of benzene rings is 1. The summed E-state index contributed by atoms with van der Waals surface area (Å²) in [7, 11) is 1.19. The minimum Gasteiger partial charge on any atom is -0.496 e. The summed E-state index contributed by atoms with van der Waals surface area (Å²) in [5.41, 5.74) is -1.07. The number of carbonyl (C=O) groups excluding carboxylic acids is 1. The Kier molecular flexibility index (Phi) is 4.97. The van der Waals surface area contributed by atoms with Gasteiger partial charge in [-0.1, -0.05) is 18.2 Å². The third-order valence-corrected chi connectivity index (χ3v) is 2.25. The Morgan fingerprint density at radius 2 is 1.95 bits per heavy atom. The van der Waals surface area contributed by atoms with Crippen LogP contribution in [0.5, 0.6) is 0 Å². The highest BCUT2D eigenvalue weighted by Crippen LogP contribution is 2.34. The van der Waals surface area contributed by atoms with Crippen molar-refractivity contribution in [2.24, 2.45) is 0 Å². The average molecular weight is 274 g/mol. The van der Waals surface area contributed by atoms with E-state index >= 15 is 0 Å². The molecule has 1 aromatic carbocycles. The summed E-state index contributed by atoms with van der Waals surface area (Å²) in [6, 6.07) is 4.86. The Labute approximate surface area is 108 Å². The van der Waals surface area contributed by atoms with E-state index in [0.29, 0.717) is 0 Å². The molecule has 0 spiro atoms. The molecule has 0 aliphatic rings. The Bertz CT molecular complexity index is 478. The highest BCUT2D eigenvalue weighted by atomic mass is 19.4. The summed E-state index contributed by atoms with van der Waals surface area (Å²) >= 11 is 0. The maximum absolute atomic E-state index is 12.8. The van der Waals surface area contributed by atoms with Crippen molar-refractivity contribution in [1.82, 2.24) is 0 Å². The second-order valence-corrected chi connectivity index (χ2v) is 3.51. The number of alkyl halides is 3. The first-order valence-electron chi connectivity index (χ1n) is 5.49. The van der Waals surface area contributed by atoms with Gasteiger partial charge in [0.25, 0.3) is 0 Å². The van der Waals surface area contributed by atoms with Crippen molar-refractivity contribution in [1.29, 1.82) is 0 Å². The molecular formula is C13H13F3O3. The number of esters is 1. The molecule has 19 heavy (non-hydrogen) atoms. The van der Waals surface area contributed by atoms with Crippen LogP contribution in [-0.4, -0.2) is 19.7 Å². The molecule has 6 heteroatoms. The summed E-state index contributed by atoms with van der Waals surface area (Å²) < 4.78 is 48.0. The molecule has 0 fully saturated rings. The number of rotatable bonds is 4. The molecule has 1 rings (SSSR count). The minimum absolute atomic E-state index is 0.132. The quantitative estimate of drug-likeness (QED) is 0.480. The molecule has 0 aromatic heterocycles. The molecule has 0 unspecified atom stereocenters. The van der Waals surface area contributed by atoms with Gasteiger partial charge in [-0.3, -0.25) is 0 Å². The van der Waals surface area contributed by atoms with E-state index in [2.05, 4.69) is 4.74 Å². The van der Waals surface area contributed by atoms with Gasteiger partial charge in [0.05, 0.1) is 25.4 Å². The molecule has 3 nitrogen and oxygen atoms in total. The normalized spacial score (nSPS) is 12.2. The predicted molar refractivity (Wildman–Crippen MR) is 63.1 cm³/mol. The maximum Gasteiger partial charge on any atom is 0.417 e. The molecular weight excluding hydrogens is 261 g/mol. The van der Waals surface area contributed by atoms with Crippen molar-refractivity contribution in [3.63, 3.8) is 0 Å². The van der Waals surface area contributed by atoms with Crippen LogP contribution in [0.1, 0.15) is 18.1 Å². The fourth-order valence-electron chi connectivity index (χ4n) is 1.48. The SMILES string of the molecule is CCOC(=O)C=C(OC)c1ccccc1C(F)(F)F. The van der Waals surface area contributed by atoms with Gasteiger partial charge < -0.3 is 9.47 Å². The van der Waals surface area contributed by atoms with E-state index in [4.69, 9.17) is 4.74 Å². The monoisotopic (exact) mass is 274 g/mol. The number of halogens is 3. The lowest BCUT2D eigenvalue weighted by Gasteiger charge is -2.14. The van der Waals surface area contributed by atoms with Crippen molar-refractivity contribution in [2.75, 3.05) is 13.7 Å². The van der Waals surface area contributed by atoms with Gasteiger partial charge in [-0.15, -0.1) is 0 Å². The lowest BCUT2D eigenvalue weighted by Crippen LogP contribution is -2.10. The van der Waals surface area contributed by atoms with Crippen LogP contribution < -0.4 is 0 Å². The lowest BCUT2D eigenvalue weighted by molar-refractivity contribution is -0.139. The van der Waals surface area contributed by atoms with E-state index in [1.807, 2.05) is 0 Å². The van der Waals surface area contributed by atoms with Crippen molar-refractivity contribution in [3.8, 4) is 0 Å². The third-order valence-electron chi connectivity index (χ3n) is 2.25. The molecule has 0 aliphatic heterocycles. The fourth-order valence-corrected chi connectivity index (χ4v) is 1.48. The first-order valence-corrected chi connectivity index (χ1v) is 5.49. The Morgan fingerprint density at radius 1 is 1.32 bits per heavy atom. The van der Waals surface area contributed by atoms with Gasteiger partial charge in [0.2, 0.25) is 0 Å². The summed E-state index contributed by atoms with van der Waals surface area (Å²) in [5, 5.41) is 0. The Balaban J connectivity index is 3.23. The Morgan fingerprint density at radius 3 is 2.47 bits per heavy atom. The number of hydrogen-bond donors (Lipinski definition) is 0. The molecule has 0 amide bonds. The maximum atomic E-state index is 12.8. The fraction of sp³-hybridized carbons (Fsp3) is 0.308. The van der Waals surface area contributed by atoms with E-state index in [9.17, 15) is 18.0 Å². The second-order valence-electron chi connectivity index (χ2n) is 3.51. The van der Waals surface area contributed by atoms with E-state index in [0.717, 1.165) is 12.1 Å². The van der Waals surface area contributed by atoms with Gasteiger partial charge in [-0.2, -0.15) is 13.2 Å². The summed E-state index contributed by atoms with van der Waals surface area (Å²) in [6.45, 7) is 1.73. The van der Waals surface area contributed by atoms with Crippen LogP contribution in [0, 0.1) is 0 Å². The molecule has 104 valence electrons. The second kappa shape index (κ2) is 6.26. The smallest absolute Gasteiger partial charge is 0.417 e. The van der Waals surface area contributed by atoms with E-state index in [1.54, 1.807) is 6.92 Å². The zero-order valence-electron chi connectivity index (χ0n) is 10.5. The first kappa shape index (κ1) is 15.1. The zero-order valence-corrected chi connectivity index (χ0v) is 10.5. The van der Waals surface area contributed by atoms with Crippen molar-refractivity contribution < 1.29 is 27.4 Å². The number of methoxy groups -OCH3 is 1. The van der Waals surface area contributed by atoms with Crippen LogP contribution >= 0.6 is 0 Å². The molecule has 0 atom stereocenters. The summed E-state index contributed by atoms with van der Waals surface area (Å²) in [4.78, 5) is 11.3. The largest absolute Gasteiger partial charge is 0.496 e. The molecule has 0 aliphatic carbocycles. The standard InChI is InChI=1S/C13H13F3O3/c1-3-19-12(17)8-11(18-2)9-6-4-5-7-10(9)13(14,15)16/h4-8H,3H2,1-2H3. The first-order chi connectivity index (χ1) is 8.90. The van der Waals surface area contributed by atoms with Crippen molar-refractivity contribution >= 4 is 11.7 Å². The minimum atomic E-state index is -4.52. The molecule has 0 bridgehead atoms. The molecule has 0 heterocycles. The molecule has 0 N–H and O–H groups in total. The predicted octanol–water partition coefficient (Wildman–Crippen LogP) is 3.26. The van der Waals surface area contributed by atoms with Gasteiger partial charge >= 0.3 is 12.1 Å². The summed E-state index contributed by atoms with van der Waals surface area (Å²) in [5.74, 6) is -0.942. The average Bonchev–Trinajstić information content (AvgIpc) is 2.35.